The summed E-state index contributed by atoms with van der Waals surface area (Å²) in [6.07, 6.45) is -6.97. The first-order chi connectivity index (χ1) is 25.0. The van der Waals surface area contributed by atoms with Crippen LogP contribution in [0, 0.1) is 46.3 Å². The third kappa shape index (κ3) is 7.17. The van der Waals surface area contributed by atoms with Gasteiger partial charge in [0.2, 0.25) is 0 Å². The summed E-state index contributed by atoms with van der Waals surface area (Å²) in [4.78, 5) is 0. The molecule has 14 heteroatoms. The second-order valence-corrected chi connectivity index (χ2v) is 18.3. The van der Waals surface area contributed by atoms with Gasteiger partial charge in [-0.05, 0) is 79.4 Å². The van der Waals surface area contributed by atoms with Crippen molar-refractivity contribution in [2.24, 2.45) is 46.3 Å². The van der Waals surface area contributed by atoms with Crippen LogP contribution in [-0.2, 0) is 28.4 Å². The number of aliphatic hydroxyl groups excluding tert-OH is 7. The van der Waals surface area contributed by atoms with Gasteiger partial charge in [0.05, 0.1) is 49.3 Å². The smallest absolute Gasteiger partial charge is 0.186 e. The van der Waals surface area contributed by atoms with Crippen LogP contribution in [0.1, 0.15) is 86.0 Å². The van der Waals surface area contributed by atoms with Crippen molar-refractivity contribution >= 4 is 0 Å². The maximum absolute atomic E-state index is 12.9. The lowest BCUT2D eigenvalue weighted by Gasteiger charge is -2.66. The molecule has 0 bridgehead atoms. The van der Waals surface area contributed by atoms with E-state index in [0.29, 0.717) is 32.1 Å². The zero-order chi connectivity index (χ0) is 38.8. The molecule has 6 fully saturated rings. The Kier molecular flexibility index (Phi) is 12.7. The van der Waals surface area contributed by atoms with Gasteiger partial charge in [0.15, 0.2) is 12.6 Å². The van der Waals surface area contributed by atoms with Crippen LogP contribution in [0.4, 0.5) is 0 Å². The van der Waals surface area contributed by atoms with Crippen molar-refractivity contribution < 1.29 is 69.3 Å². The van der Waals surface area contributed by atoms with Gasteiger partial charge in [0, 0.05) is 32.5 Å². The van der Waals surface area contributed by atoms with Crippen molar-refractivity contribution in [3.63, 3.8) is 0 Å². The fraction of sp³-hybridized carbons (Fsp3) is 1.00. The van der Waals surface area contributed by atoms with E-state index in [1.165, 1.54) is 14.2 Å². The zero-order valence-electron chi connectivity index (χ0n) is 32.6. The molecule has 0 aromatic carbocycles. The second-order valence-electron chi connectivity index (χ2n) is 18.3. The molecule has 2 heterocycles. The number of hydrogen-bond donors (Lipinski definition) is 8. The molecule has 0 unspecified atom stereocenters. The predicted octanol–water partition coefficient (Wildman–Crippen LogP) is 0.702. The molecule has 4 saturated carbocycles. The highest BCUT2D eigenvalue weighted by molar-refractivity contribution is 5.21. The van der Waals surface area contributed by atoms with Gasteiger partial charge in [-0.2, -0.15) is 0 Å². The normalized spacial score (nSPS) is 52.5. The molecule has 0 amide bonds. The van der Waals surface area contributed by atoms with Crippen LogP contribution in [0.25, 0.3) is 0 Å². The summed E-state index contributed by atoms with van der Waals surface area (Å²) in [6.45, 7) is 10.2. The van der Waals surface area contributed by atoms with Crippen LogP contribution in [-0.4, -0.2) is 154 Å². The molecule has 6 aliphatic rings. The molecule has 21 atom stereocenters. The van der Waals surface area contributed by atoms with Gasteiger partial charge in [-0.1, -0.05) is 34.6 Å². The zero-order valence-corrected chi connectivity index (χ0v) is 32.6. The molecule has 0 aromatic rings. The van der Waals surface area contributed by atoms with Gasteiger partial charge in [0.25, 0.3) is 0 Å². The average Bonchev–Trinajstić information content (AvgIpc) is 3.54. The summed E-state index contributed by atoms with van der Waals surface area (Å²) >= 11 is 0. The van der Waals surface area contributed by atoms with E-state index in [1.807, 2.05) is 13.8 Å². The Morgan fingerprint density at radius 2 is 1.49 bits per heavy atom. The molecule has 53 heavy (non-hydrogen) atoms. The van der Waals surface area contributed by atoms with Crippen LogP contribution >= 0.6 is 0 Å². The summed E-state index contributed by atoms with van der Waals surface area (Å²) in [6, 6.07) is 0. The number of fused-ring (bicyclic) bond motifs is 5. The van der Waals surface area contributed by atoms with Crippen LogP contribution < -0.4 is 0 Å². The minimum atomic E-state index is -1.34. The second kappa shape index (κ2) is 16.0. The molecule has 4 aliphatic carbocycles. The Balaban J connectivity index is 1.14. The fourth-order valence-corrected chi connectivity index (χ4v) is 12.5. The largest absolute Gasteiger partial charge is 0.394 e. The molecule has 2 aliphatic heterocycles. The summed E-state index contributed by atoms with van der Waals surface area (Å²) in [5.41, 5.74) is -2.35. The minimum absolute atomic E-state index is 0.0443. The van der Waals surface area contributed by atoms with Crippen LogP contribution in [0.2, 0.25) is 0 Å². The van der Waals surface area contributed by atoms with Crippen molar-refractivity contribution in [3.05, 3.63) is 0 Å². The first-order valence-electron chi connectivity index (χ1n) is 20.0. The van der Waals surface area contributed by atoms with E-state index in [0.717, 1.165) is 12.8 Å². The third-order valence-electron chi connectivity index (χ3n) is 15.2. The summed E-state index contributed by atoms with van der Waals surface area (Å²) in [7, 11) is 2.95. The Bertz CT molecular complexity index is 1230. The lowest BCUT2D eigenvalue weighted by molar-refractivity contribution is -0.321. The quantitative estimate of drug-likeness (QED) is 0.129. The van der Waals surface area contributed by atoms with Crippen LogP contribution in [0.5, 0.6) is 0 Å². The molecule has 2 saturated heterocycles. The van der Waals surface area contributed by atoms with E-state index in [9.17, 15) is 40.9 Å². The number of methoxy groups -OCH3 is 2. The molecule has 0 radical (unpaired) electrons. The summed E-state index contributed by atoms with van der Waals surface area (Å²) in [5, 5.41) is 89.4. The van der Waals surface area contributed by atoms with Crippen molar-refractivity contribution in [2.45, 2.75) is 171 Å². The van der Waals surface area contributed by atoms with Crippen LogP contribution in [0.3, 0.4) is 0 Å². The molecule has 8 N–H and O–H groups in total. The standard InChI is InChI=1S/C39H68O14/c1-18(2)23(51-35-32(46)30(44)25(16-40)53-35)9-8-19(3)20-14-21(41)34-37(20,4)13-11-27-38(5)12-10-24(29(43)28(38)22(42)15-39(27,34)47)52-36-33(49-7)31(45)26(48-6)17-50-36/h18-36,40-47H,8-17H2,1-7H3/t19-,20-,21+,22-,23+,24+,25+,26-,27-,28+,29+,30+,31+,32-,33-,34-,35-,36+,37-,38-,39+/m1/s1. The highest BCUT2D eigenvalue weighted by Crippen LogP contribution is 2.70. The number of ether oxygens (including phenoxy) is 6. The maximum atomic E-state index is 12.9. The molecule has 308 valence electrons. The molecule has 6 rings (SSSR count). The van der Waals surface area contributed by atoms with Gasteiger partial charge in [-0.3, -0.25) is 0 Å². The van der Waals surface area contributed by atoms with Crippen molar-refractivity contribution in [2.75, 3.05) is 27.4 Å². The van der Waals surface area contributed by atoms with Gasteiger partial charge in [-0.25, -0.2) is 0 Å². The van der Waals surface area contributed by atoms with Crippen LogP contribution in [0.15, 0.2) is 0 Å². The number of hydrogen-bond acceptors (Lipinski definition) is 14. The third-order valence-corrected chi connectivity index (χ3v) is 15.2. The highest BCUT2D eigenvalue weighted by atomic mass is 16.7. The Labute approximate surface area is 314 Å². The highest BCUT2D eigenvalue weighted by Gasteiger charge is 2.72. The van der Waals surface area contributed by atoms with E-state index < -0.39 is 108 Å². The lowest BCUT2D eigenvalue weighted by Crippen LogP contribution is -2.71. The Morgan fingerprint density at radius 3 is 2.11 bits per heavy atom. The van der Waals surface area contributed by atoms with E-state index in [1.54, 1.807) is 0 Å². The summed E-state index contributed by atoms with van der Waals surface area (Å²) in [5.74, 6) is -0.923. The van der Waals surface area contributed by atoms with Crippen molar-refractivity contribution in [1.82, 2.24) is 0 Å². The van der Waals surface area contributed by atoms with Crippen molar-refractivity contribution in [1.29, 1.82) is 0 Å². The monoisotopic (exact) mass is 760 g/mol. The Hall–Kier alpha value is -0.560. The van der Waals surface area contributed by atoms with E-state index in [4.69, 9.17) is 28.4 Å². The van der Waals surface area contributed by atoms with E-state index in [2.05, 4.69) is 20.8 Å². The number of aliphatic hydroxyl groups is 8. The van der Waals surface area contributed by atoms with Gasteiger partial charge in [0.1, 0.15) is 36.6 Å². The summed E-state index contributed by atoms with van der Waals surface area (Å²) < 4.78 is 34.8. The van der Waals surface area contributed by atoms with E-state index >= 15 is 0 Å². The first-order valence-corrected chi connectivity index (χ1v) is 20.0. The molecular formula is C39H68O14. The topological polar surface area (TPSA) is 217 Å². The Morgan fingerprint density at radius 1 is 0.792 bits per heavy atom. The fourth-order valence-electron chi connectivity index (χ4n) is 12.5. The van der Waals surface area contributed by atoms with Gasteiger partial charge < -0.3 is 69.3 Å². The molecule has 0 aromatic heterocycles. The van der Waals surface area contributed by atoms with Crippen molar-refractivity contribution in [3.8, 4) is 0 Å². The SMILES string of the molecule is CO[C@H]1[C@H](O[C@H]2CC[C@@]3(C)[C@H]([C@H]2O)[C@H](O)C[C@]2(O)[C@@H]3CC[C@]3(C)[C@@H]([C@H](C)CC[C@H](O[C@@H]4O[C@@H](CO)[C@H](O)[C@H]4O)C(C)C)C[C@H](O)[C@H]32)OC[C@@H](OC)[C@@H]1O. The minimum Gasteiger partial charge on any atom is -0.394 e. The number of rotatable bonds is 12. The van der Waals surface area contributed by atoms with Gasteiger partial charge in [-0.15, -0.1) is 0 Å². The lowest BCUT2D eigenvalue weighted by atomic mass is 9.41. The molecule has 0 spiro atoms. The predicted molar refractivity (Wildman–Crippen MR) is 189 cm³/mol. The van der Waals surface area contributed by atoms with E-state index in [-0.39, 0.29) is 42.8 Å². The first kappa shape index (κ1) is 42.1. The van der Waals surface area contributed by atoms with Gasteiger partial charge >= 0.3 is 0 Å². The molecule has 14 nitrogen and oxygen atoms in total. The maximum Gasteiger partial charge on any atom is 0.186 e. The average molecular weight is 761 g/mol. The molecular weight excluding hydrogens is 692 g/mol.